The van der Waals surface area contributed by atoms with Crippen LogP contribution in [0, 0.1) is 0 Å². The highest BCUT2D eigenvalue weighted by Gasteiger charge is 2.28. The Hall–Kier alpha value is -0.970. The Bertz CT molecular complexity index is 288. The molecule has 1 aromatic heterocycles. The van der Waals surface area contributed by atoms with Crippen LogP contribution in [0.5, 0.6) is 0 Å². The molecule has 1 atom stereocenters. The summed E-state index contributed by atoms with van der Waals surface area (Å²) in [6.07, 6.45) is -2.29. The molecule has 5 heteroatoms. The normalized spacial score (nSPS) is 14.4. The Morgan fingerprint density at radius 3 is 2.64 bits per heavy atom. The van der Waals surface area contributed by atoms with E-state index in [1.54, 1.807) is 19.1 Å². The number of alkyl halides is 3. The highest BCUT2D eigenvalue weighted by Crippen LogP contribution is 2.19. The summed E-state index contributed by atoms with van der Waals surface area (Å²) < 4.78 is 37.4. The highest BCUT2D eigenvalue weighted by molar-refractivity contribution is 5.08. The lowest BCUT2D eigenvalue weighted by atomic mass is 10.2. The zero-order valence-electron chi connectivity index (χ0n) is 7.88. The lowest BCUT2D eigenvalue weighted by Gasteiger charge is -2.12. The van der Waals surface area contributed by atoms with Crippen molar-refractivity contribution in [2.75, 3.05) is 0 Å². The second-order valence-corrected chi connectivity index (χ2v) is 3.42. The smallest absolute Gasteiger partial charge is 0.342 e. The number of aromatic nitrogens is 1. The Kier molecular flexibility index (Phi) is 3.21. The van der Waals surface area contributed by atoms with Gasteiger partial charge in [-0.2, -0.15) is 13.2 Å². The number of rotatable bonds is 3. The first-order valence-electron chi connectivity index (χ1n) is 4.35. The number of halogens is 3. The number of hydrogen-bond acceptors (Lipinski definition) is 1. The molecule has 0 saturated carbocycles. The summed E-state index contributed by atoms with van der Waals surface area (Å²) in [5.41, 5.74) is 6.14. The molecule has 0 aliphatic carbocycles. The van der Waals surface area contributed by atoms with Gasteiger partial charge in [0.05, 0.1) is 0 Å². The van der Waals surface area contributed by atoms with Gasteiger partial charge >= 0.3 is 6.18 Å². The predicted octanol–water partition coefficient (Wildman–Crippen LogP) is 1.94. The maximum Gasteiger partial charge on any atom is 0.406 e. The van der Waals surface area contributed by atoms with E-state index in [9.17, 15) is 13.2 Å². The Balaban J connectivity index is 2.72. The molecule has 80 valence electrons. The third kappa shape index (κ3) is 3.41. The van der Waals surface area contributed by atoms with Crippen LogP contribution in [0.25, 0.3) is 0 Å². The second kappa shape index (κ2) is 4.04. The summed E-state index contributed by atoms with van der Waals surface area (Å²) in [6.45, 7) is 0.826. The van der Waals surface area contributed by atoms with E-state index in [-0.39, 0.29) is 6.04 Å². The van der Waals surface area contributed by atoms with Gasteiger partial charge in [0.25, 0.3) is 0 Å². The zero-order valence-corrected chi connectivity index (χ0v) is 7.88. The molecule has 1 aromatic rings. The third-order valence-electron chi connectivity index (χ3n) is 1.80. The molecule has 0 fully saturated rings. The van der Waals surface area contributed by atoms with Crippen LogP contribution in [0.3, 0.4) is 0 Å². The monoisotopic (exact) mass is 206 g/mol. The molecule has 0 bridgehead atoms. The lowest BCUT2D eigenvalue weighted by molar-refractivity contribution is -0.140. The lowest BCUT2D eigenvalue weighted by Crippen LogP contribution is -2.23. The van der Waals surface area contributed by atoms with Gasteiger partial charge in [0, 0.05) is 24.4 Å². The first-order chi connectivity index (χ1) is 6.38. The minimum atomic E-state index is -4.17. The van der Waals surface area contributed by atoms with Crippen molar-refractivity contribution in [3.05, 3.63) is 24.0 Å². The quantitative estimate of drug-likeness (QED) is 0.805. The maximum absolute atomic E-state index is 12.1. The summed E-state index contributed by atoms with van der Waals surface area (Å²) in [7, 11) is 0. The van der Waals surface area contributed by atoms with E-state index in [0.717, 1.165) is 0 Å². The molecule has 1 heterocycles. The molecule has 2 N–H and O–H groups in total. The fraction of sp³-hybridized carbons (Fsp3) is 0.556. The maximum atomic E-state index is 12.1. The Morgan fingerprint density at radius 1 is 1.50 bits per heavy atom. The van der Waals surface area contributed by atoms with Crippen LogP contribution in [-0.4, -0.2) is 16.8 Å². The summed E-state index contributed by atoms with van der Waals surface area (Å²) in [5, 5.41) is 0. The minimum Gasteiger partial charge on any atom is -0.342 e. The molecule has 0 aromatic carbocycles. The van der Waals surface area contributed by atoms with Gasteiger partial charge in [-0.15, -0.1) is 0 Å². The first-order valence-corrected chi connectivity index (χ1v) is 4.35. The Labute approximate surface area is 80.5 Å². The van der Waals surface area contributed by atoms with Crippen LogP contribution in [0.2, 0.25) is 0 Å². The van der Waals surface area contributed by atoms with Crippen molar-refractivity contribution in [1.82, 2.24) is 4.57 Å². The molecule has 1 rings (SSSR count). The largest absolute Gasteiger partial charge is 0.406 e. The molecule has 14 heavy (non-hydrogen) atoms. The fourth-order valence-electron chi connectivity index (χ4n) is 1.31. The third-order valence-corrected chi connectivity index (χ3v) is 1.80. The van der Waals surface area contributed by atoms with Gasteiger partial charge in [0.2, 0.25) is 0 Å². The van der Waals surface area contributed by atoms with Crippen molar-refractivity contribution >= 4 is 0 Å². The minimum absolute atomic E-state index is 0.128. The van der Waals surface area contributed by atoms with Crippen LogP contribution in [-0.2, 0) is 13.0 Å². The van der Waals surface area contributed by atoms with Gasteiger partial charge in [-0.25, -0.2) is 0 Å². The van der Waals surface area contributed by atoms with Crippen molar-refractivity contribution in [1.29, 1.82) is 0 Å². The van der Waals surface area contributed by atoms with Crippen LogP contribution in [0.4, 0.5) is 13.2 Å². The topological polar surface area (TPSA) is 30.9 Å². The van der Waals surface area contributed by atoms with Crippen LogP contribution >= 0.6 is 0 Å². The summed E-state index contributed by atoms with van der Waals surface area (Å²) in [4.78, 5) is 0. The van der Waals surface area contributed by atoms with Gasteiger partial charge in [0.1, 0.15) is 6.54 Å². The van der Waals surface area contributed by atoms with E-state index in [1.807, 2.05) is 0 Å². The predicted molar refractivity (Wildman–Crippen MR) is 47.8 cm³/mol. The average molecular weight is 206 g/mol. The van der Waals surface area contributed by atoms with E-state index < -0.39 is 12.7 Å². The van der Waals surface area contributed by atoms with Gasteiger partial charge in [-0.3, -0.25) is 0 Å². The van der Waals surface area contributed by atoms with Crippen molar-refractivity contribution in [3.63, 3.8) is 0 Å². The van der Waals surface area contributed by atoms with Gasteiger partial charge in [0.15, 0.2) is 0 Å². The summed E-state index contributed by atoms with van der Waals surface area (Å²) in [6, 6.07) is 3.13. The van der Waals surface area contributed by atoms with Crippen molar-refractivity contribution in [2.24, 2.45) is 5.73 Å². The SMILES string of the molecule is CC(N)Cc1cccn1CC(F)(F)F. The first kappa shape index (κ1) is 11.1. The molecule has 0 saturated heterocycles. The standard InChI is InChI=1S/C9H13F3N2/c1-7(13)5-8-3-2-4-14(8)6-9(10,11)12/h2-4,7H,5-6,13H2,1H3. The fourth-order valence-corrected chi connectivity index (χ4v) is 1.31. The van der Waals surface area contributed by atoms with Crippen molar-refractivity contribution in [2.45, 2.75) is 32.1 Å². The molecule has 0 amide bonds. The van der Waals surface area contributed by atoms with Crippen molar-refractivity contribution < 1.29 is 13.2 Å². The van der Waals surface area contributed by atoms with Crippen LogP contribution < -0.4 is 5.73 Å². The molecule has 1 unspecified atom stereocenters. The van der Waals surface area contributed by atoms with Crippen LogP contribution in [0.1, 0.15) is 12.6 Å². The van der Waals surface area contributed by atoms with Gasteiger partial charge < -0.3 is 10.3 Å². The zero-order chi connectivity index (χ0) is 10.8. The van der Waals surface area contributed by atoms with Crippen molar-refractivity contribution in [3.8, 4) is 0 Å². The molecule has 2 nitrogen and oxygen atoms in total. The molecular weight excluding hydrogens is 193 g/mol. The van der Waals surface area contributed by atoms with E-state index in [4.69, 9.17) is 5.73 Å². The molecule has 0 aliphatic heterocycles. The Morgan fingerprint density at radius 2 is 2.14 bits per heavy atom. The molecule has 0 spiro atoms. The molecule has 0 aliphatic rings. The van der Waals surface area contributed by atoms with E-state index >= 15 is 0 Å². The number of nitrogens with zero attached hydrogens (tertiary/aromatic N) is 1. The summed E-state index contributed by atoms with van der Waals surface area (Å²) in [5.74, 6) is 0. The number of hydrogen-bond donors (Lipinski definition) is 1. The highest BCUT2D eigenvalue weighted by atomic mass is 19.4. The van der Waals surface area contributed by atoms with E-state index in [2.05, 4.69) is 0 Å². The molecule has 0 radical (unpaired) electrons. The number of nitrogens with two attached hydrogens (primary N) is 1. The van der Waals surface area contributed by atoms with Gasteiger partial charge in [-0.05, 0) is 19.1 Å². The second-order valence-electron chi connectivity index (χ2n) is 3.42. The van der Waals surface area contributed by atoms with Crippen LogP contribution in [0.15, 0.2) is 18.3 Å². The molecular formula is C9H13F3N2. The van der Waals surface area contributed by atoms with E-state index in [0.29, 0.717) is 12.1 Å². The van der Waals surface area contributed by atoms with Gasteiger partial charge in [-0.1, -0.05) is 0 Å². The van der Waals surface area contributed by atoms with E-state index in [1.165, 1.54) is 10.8 Å². The average Bonchev–Trinajstić information content (AvgIpc) is 2.32. The summed E-state index contributed by atoms with van der Waals surface area (Å²) >= 11 is 0.